The molecule has 73 heavy (non-hydrogen) atoms. The summed E-state index contributed by atoms with van der Waals surface area (Å²) in [5.74, 6) is 2.28. The topological polar surface area (TPSA) is 32.8 Å². The number of furan rings is 2. The van der Waals surface area contributed by atoms with Crippen molar-refractivity contribution in [1.82, 2.24) is 0 Å². The fourth-order valence-corrected chi connectivity index (χ4v) is 12.3. The summed E-state index contributed by atoms with van der Waals surface area (Å²) < 4.78 is 13.5. The van der Waals surface area contributed by atoms with Crippen molar-refractivity contribution >= 4 is 61.1 Å². The van der Waals surface area contributed by atoms with Crippen molar-refractivity contribution in [2.75, 3.05) is 9.80 Å². The number of fused-ring (bicyclic) bond motifs is 11. The van der Waals surface area contributed by atoms with Gasteiger partial charge in [0.2, 0.25) is 0 Å². The van der Waals surface area contributed by atoms with Crippen molar-refractivity contribution in [2.24, 2.45) is 5.92 Å². The molecule has 352 valence electrons. The summed E-state index contributed by atoms with van der Waals surface area (Å²) in [6, 6.07) is 72.8. The zero-order valence-corrected chi connectivity index (χ0v) is 41.8. The van der Waals surface area contributed by atoms with Gasteiger partial charge in [-0.2, -0.15) is 0 Å². The molecule has 0 amide bonds. The molecule has 9 aromatic carbocycles. The summed E-state index contributed by atoms with van der Waals surface area (Å²) in [6.07, 6.45) is 8.01. The first kappa shape index (κ1) is 43.2. The molecule has 14 rings (SSSR count). The molecule has 11 aromatic rings. The second-order valence-corrected chi connectivity index (χ2v) is 21.4. The van der Waals surface area contributed by atoms with Gasteiger partial charge in [0, 0.05) is 66.9 Å². The molecule has 0 saturated heterocycles. The van der Waals surface area contributed by atoms with E-state index in [0.29, 0.717) is 5.92 Å². The lowest BCUT2D eigenvalue weighted by molar-refractivity contribution is 0.629. The molecule has 2 heterocycles. The second kappa shape index (κ2) is 16.2. The molecule has 1 atom stereocenters. The molecule has 3 aliphatic rings. The van der Waals surface area contributed by atoms with E-state index in [1.54, 1.807) is 0 Å². The molecule has 3 aliphatic carbocycles. The van der Waals surface area contributed by atoms with E-state index < -0.39 is 0 Å². The van der Waals surface area contributed by atoms with E-state index >= 15 is 0 Å². The average molecular weight is 943 g/mol. The first-order valence-electron chi connectivity index (χ1n) is 25.7. The smallest absolute Gasteiger partial charge is 0.135 e. The Balaban J connectivity index is 0.776. The monoisotopic (exact) mass is 942 g/mol. The average Bonchev–Trinajstić information content (AvgIpc) is 4.17. The quantitative estimate of drug-likeness (QED) is 0.152. The van der Waals surface area contributed by atoms with Gasteiger partial charge in [0.25, 0.3) is 0 Å². The van der Waals surface area contributed by atoms with Crippen molar-refractivity contribution in [3.8, 4) is 44.9 Å². The van der Waals surface area contributed by atoms with Crippen molar-refractivity contribution in [3.05, 3.63) is 246 Å². The number of para-hydroxylation sites is 3. The zero-order chi connectivity index (χ0) is 49.2. The summed E-state index contributed by atoms with van der Waals surface area (Å²) in [5, 5.41) is 4.49. The highest BCUT2D eigenvalue weighted by molar-refractivity contribution is 6.17. The summed E-state index contributed by atoms with van der Waals surface area (Å²) in [6.45, 7) is 11.7. The van der Waals surface area contributed by atoms with E-state index in [2.05, 4.69) is 263 Å². The van der Waals surface area contributed by atoms with Gasteiger partial charge in [-0.25, -0.2) is 0 Å². The maximum absolute atomic E-state index is 6.74. The number of benzene rings is 9. The van der Waals surface area contributed by atoms with Gasteiger partial charge < -0.3 is 18.6 Å². The van der Waals surface area contributed by atoms with Gasteiger partial charge in [0.05, 0.1) is 0 Å². The number of anilines is 5. The van der Waals surface area contributed by atoms with Crippen molar-refractivity contribution in [3.63, 3.8) is 0 Å². The minimum Gasteiger partial charge on any atom is -0.456 e. The van der Waals surface area contributed by atoms with Crippen LogP contribution in [0.3, 0.4) is 0 Å². The Kier molecular flexibility index (Phi) is 9.60. The lowest BCUT2D eigenvalue weighted by atomic mass is 9.81. The van der Waals surface area contributed by atoms with Gasteiger partial charge in [0.1, 0.15) is 22.7 Å². The normalized spacial score (nSPS) is 15.8. The van der Waals surface area contributed by atoms with Crippen LogP contribution < -0.4 is 9.80 Å². The molecule has 4 nitrogen and oxygen atoms in total. The maximum atomic E-state index is 6.74. The Morgan fingerprint density at radius 3 is 1.25 bits per heavy atom. The SMILES string of the molecule is CC1C=CC(N(c2ccccc2)c2ccc3c(c2)C(C)(C)c2cc(-c4cc5c(ccc6c7cc(-c8ccc9c(c8)C(C)(C)c8cc(N(c%10ccccc%10)c%10ccccc%10)ccc8-9)oc7ccc56)o4)ccc2-3)=CC1. The van der Waals surface area contributed by atoms with Crippen LogP contribution in [0, 0.1) is 5.92 Å². The lowest BCUT2D eigenvalue weighted by Crippen LogP contribution is -2.19. The maximum Gasteiger partial charge on any atom is 0.135 e. The highest BCUT2D eigenvalue weighted by Crippen LogP contribution is 2.54. The van der Waals surface area contributed by atoms with E-state index in [4.69, 9.17) is 8.83 Å². The highest BCUT2D eigenvalue weighted by Gasteiger charge is 2.38. The summed E-state index contributed by atoms with van der Waals surface area (Å²) in [5.41, 5.74) is 20.8. The third kappa shape index (κ3) is 6.81. The molecule has 0 aliphatic heterocycles. The van der Waals surface area contributed by atoms with Gasteiger partial charge in [-0.05, 0) is 183 Å². The predicted octanol–water partition coefficient (Wildman–Crippen LogP) is 19.4. The number of rotatable bonds is 8. The molecule has 0 fully saturated rings. The summed E-state index contributed by atoms with van der Waals surface area (Å²) in [7, 11) is 0. The minimum atomic E-state index is -0.227. The van der Waals surface area contributed by atoms with Crippen molar-refractivity contribution in [1.29, 1.82) is 0 Å². The Bertz CT molecular complexity index is 4040. The van der Waals surface area contributed by atoms with Crippen molar-refractivity contribution in [2.45, 2.75) is 51.9 Å². The minimum absolute atomic E-state index is 0.219. The van der Waals surface area contributed by atoms with Crippen LogP contribution in [0.15, 0.2) is 233 Å². The Morgan fingerprint density at radius 1 is 0.397 bits per heavy atom. The van der Waals surface area contributed by atoms with E-state index in [-0.39, 0.29) is 10.8 Å². The van der Waals surface area contributed by atoms with Crippen LogP contribution in [0.1, 0.15) is 63.3 Å². The van der Waals surface area contributed by atoms with E-state index in [0.717, 1.165) is 84.5 Å². The second-order valence-electron chi connectivity index (χ2n) is 21.4. The molecule has 0 bridgehead atoms. The number of hydrogen-bond acceptors (Lipinski definition) is 4. The zero-order valence-electron chi connectivity index (χ0n) is 41.8. The fourth-order valence-electron chi connectivity index (χ4n) is 12.3. The molecule has 1 unspecified atom stereocenters. The first-order valence-corrected chi connectivity index (χ1v) is 25.7. The van der Waals surface area contributed by atoms with Crippen molar-refractivity contribution < 1.29 is 8.83 Å². The van der Waals surface area contributed by atoms with Crippen LogP contribution in [-0.4, -0.2) is 0 Å². The number of allylic oxidation sites excluding steroid dienone is 3. The highest BCUT2D eigenvalue weighted by atomic mass is 16.3. The Morgan fingerprint density at radius 2 is 0.808 bits per heavy atom. The summed E-state index contributed by atoms with van der Waals surface area (Å²) in [4.78, 5) is 4.75. The molecular formula is C69H54N2O2. The molecule has 0 radical (unpaired) electrons. The molecular weight excluding hydrogens is 889 g/mol. The van der Waals surface area contributed by atoms with Crippen LogP contribution >= 0.6 is 0 Å². The van der Waals surface area contributed by atoms with Crippen LogP contribution in [0.5, 0.6) is 0 Å². The molecule has 0 N–H and O–H groups in total. The van der Waals surface area contributed by atoms with Crippen LogP contribution in [0.2, 0.25) is 0 Å². The van der Waals surface area contributed by atoms with Crippen LogP contribution in [0.25, 0.3) is 77.6 Å². The van der Waals surface area contributed by atoms with E-state index in [1.165, 1.54) is 55.9 Å². The molecule has 0 saturated carbocycles. The standard InChI is InChI=1S/C69H54N2O2/c1-43-21-25-49(26-22-43)71(48-19-13-8-14-20-48)51-28-32-57-55-30-24-45(38-61(55)69(4,5)63(57)40-51)67-42-59-53-33-35-64-58(52(53)34-36-65(59)73-67)41-66(72-64)44-23-29-54-56-31-27-50(39-62(56)68(2,3)60(54)37-44)70(46-15-9-6-10-16-46)47-17-11-7-12-18-47/h6-21,23-43H,22H2,1-5H3. The van der Waals surface area contributed by atoms with Gasteiger partial charge in [-0.15, -0.1) is 0 Å². The van der Waals surface area contributed by atoms with E-state index in [1.807, 2.05) is 0 Å². The first-order chi connectivity index (χ1) is 35.6. The van der Waals surface area contributed by atoms with E-state index in [9.17, 15) is 0 Å². The van der Waals surface area contributed by atoms with Gasteiger partial charge in [0.15, 0.2) is 0 Å². The Hall–Kier alpha value is -8.60. The molecule has 2 aromatic heterocycles. The number of nitrogens with zero attached hydrogens (tertiary/aromatic N) is 2. The number of hydrogen-bond donors (Lipinski definition) is 0. The third-order valence-electron chi connectivity index (χ3n) is 16.2. The van der Waals surface area contributed by atoms with Crippen LogP contribution in [0.4, 0.5) is 28.4 Å². The van der Waals surface area contributed by atoms with Gasteiger partial charge in [-0.1, -0.05) is 138 Å². The van der Waals surface area contributed by atoms with Gasteiger partial charge in [-0.3, -0.25) is 0 Å². The molecule has 0 spiro atoms. The summed E-state index contributed by atoms with van der Waals surface area (Å²) >= 11 is 0. The predicted molar refractivity (Wildman–Crippen MR) is 304 cm³/mol. The largest absolute Gasteiger partial charge is 0.456 e. The van der Waals surface area contributed by atoms with Crippen LogP contribution in [-0.2, 0) is 10.8 Å². The fraction of sp³-hybridized carbons (Fsp3) is 0.130. The third-order valence-corrected chi connectivity index (χ3v) is 16.2. The van der Waals surface area contributed by atoms with Gasteiger partial charge >= 0.3 is 0 Å². The molecule has 4 heteroatoms. The lowest BCUT2D eigenvalue weighted by Gasteiger charge is -2.30. The Labute approximate surface area is 426 Å².